The Bertz CT molecular complexity index is 819. The zero-order valence-corrected chi connectivity index (χ0v) is 15.4. The maximum Gasteiger partial charge on any atom is 0.195 e. The van der Waals surface area contributed by atoms with Crippen LogP contribution in [0.15, 0.2) is 24.3 Å². The largest absolute Gasteiger partial charge is 0.355 e. The number of hydrogen-bond donors (Lipinski definition) is 2. The highest BCUT2D eigenvalue weighted by molar-refractivity contribution is 6.05. The van der Waals surface area contributed by atoms with E-state index in [4.69, 9.17) is 0 Å². The van der Waals surface area contributed by atoms with Crippen LogP contribution in [0, 0.1) is 13.8 Å². The summed E-state index contributed by atoms with van der Waals surface area (Å²) in [6.07, 6.45) is 3.27. The van der Waals surface area contributed by atoms with Gasteiger partial charge in [0, 0.05) is 17.3 Å². The average Bonchev–Trinajstić information content (AvgIpc) is 2.89. The van der Waals surface area contributed by atoms with Crippen LogP contribution in [-0.4, -0.2) is 22.6 Å². The first-order valence-electron chi connectivity index (χ1n) is 8.98. The van der Waals surface area contributed by atoms with E-state index in [-0.39, 0.29) is 23.7 Å². The number of benzene rings is 1. The van der Waals surface area contributed by atoms with Gasteiger partial charge in [-0.05, 0) is 63.6 Å². The Morgan fingerprint density at radius 3 is 2.64 bits per heavy atom. The monoisotopic (exact) mass is 338 g/mol. The van der Waals surface area contributed by atoms with Crippen LogP contribution in [0.2, 0.25) is 0 Å². The van der Waals surface area contributed by atoms with Crippen LogP contribution >= 0.6 is 0 Å². The molecule has 4 heteroatoms. The highest BCUT2D eigenvalue weighted by atomic mass is 16.1. The van der Waals surface area contributed by atoms with Crippen molar-refractivity contribution in [2.45, 2.75) is 59.0 Å². The average molecular weight is 338 g/mol. The number of aryl methyl sites for hydroxylation is 2. The molecule has 0 spiro atoms. The molecule has 0 saturated heterocycles. The minimum absolute atomic E-state index is 0.00730. The molecule has 1 heterocycles. The Hall–Kier alpha value is -2.20. The molecule has 0 radical (unpaired) electrons. The van der Waals surface area contributed by atoms with Crippen LogP contribution in [0.4, 0.5) is 0 Å². The van der Waals surface area contributed by atoms with Crippen molar-refractivity contribution in [3.05, 3.63) is 57.9 Å². The summed E-state index contributed by atoms with van der Waals surface area (Å²) in [5.41, 5.74) is 5.38. The second-order valence-corrected chi connectivity index (χ2v) is 7.08. The van der Waals surface area contributed by atoms with Gasteiger partial charge in [0.25, 0.3) is 0 Å². The number of nitrogens with one attached hydrogen (secondary N) is 2. The number of fused-ring (bicyclic) bond motifs is 1. The fourth-order valence-corrected chi connectivity index (χ4v) is 4.05. The first-order valence-corrected chi connectivity index (χ1v) is 8.98. The van der Waals surface area contributed by atoms with Crippen LogP contribution in [0.5, 0.6) is 0 Å². The smallest absolute Gasteiger partial charge is 0.195 e. The summed E-state index contributed by atoms with van der Waals surface area (Å²) in [6, 6.07) is 8.35. The number of hydrogen-bond acceptors (Lipinski definition) is 3. The maximum absolute atomic E-state index is 12.9. The van der Waals surface area contributed by atoms with Gasteiger partial charge in [-0.3, -0.25) is 9.59 Å². The van der Waals surface area contributed by atoms with E-state index < -0.39 is 0 Å². The molecule has 0 unspecified atom stereocenters. The molecular weight excluding hydrogens is 312 g/mol. The van der Waals surface area contributed by atoms with Gasteiger partial charge in [-0.25, -0.2) is 0 Å². The molecular formula is C21H26N2O2. The molecule has 2 aromatic rings. The van der Waals surface area contributed by atoms with Crippen LogP contribution in [0.25, 0.3) is 0 Å². The number of rotatable bonds is 5. The minimum Gasteiger partial charge on any atom is -0.355 e. The van der Waals surface area contributed by atoms with E-state index in [0.717, 1.165) is 30.5 Å². The first kappa shape index (κ1) is 17.6. The Labute approximate surface area is 149 Å². The molecule has 0 aliphatic heterocycles. The summed E-state index contributed by atoms with van der Waals surface area (Å²) in [4.78, 5) is 27.9. The standard InChI is InChI=1S/C21H26N2O2/c1-12-19(15(4)24)13(2)23-20(12)21(25)14(3)22-18-11-7-9-16-8-5-6-10-17(16)18/h5-6,8,10,14,18,22-23H,7,9,11H2,1-4H3/t14-,18+/m1/s1. The number of Topliss-reactive ketones (excluding diaryl/α,β-unsaturated/α-hetero) is 2. The van der Waals surface area contributed by atoms with Crippen molar-refractivity contribution in [1.82, 2.24) is 10.3 Å². The molecule has 1 aromatic carbocycles. The highest BCUT2D eigenvalue weighted by Crippen LogP contribution is 2.30. The molecule has 4 nitrogen and oxygen atoms in total. The van der Waals surface area contributed by atoms with Gasteiger partial charge in [0.2, 0.25) is 0 Å². The van der Waals surface area contributed by atoms with E-state index in [1.807, 2.05) is 20.8 Å². The molecule has 1 aromatic heterocycles. The number of H-pyrrole nitrogens is 1. The number of ketones is 2. The fraction of sp³-hybridized carbons (Fsp3) is 0.429. The third-order valence-corrected chi connectivity index (χ3v) is 5.25. The predicted octanol–water partition coefficient (Wildman–Crippen LogP) is 4.07. The lowest BCUT2D eigenvalue weighted by molar-refractivity contribution is 0.0937. The summed E-state index contributed by atoms with van der Waals surface area (Å²) in [7, 11) is 0. The molecule has 0 amide bonds. The summed E-state index contributed by atoms with van der Waals surface area (Å²) in [5, 5.41) is 3.50. The molecule has 0 bridgehead atoms. The van der Waals surface area contributed by atoms with Gasteiger partial charge in [0.05, 0.1) is 11.7 Å². The molecule has 25 heavy (non-hydrogen) atoms. The molecule has 2 N–H and O–H groups in total. The van der Waals surface area contributed by atoms with E-state index in [1.54, 1.807) is 0 Å². The van der Waals surface area contributed by atoms with Crippen molar-refractivity contribution in [3.63, 3.8) is 0 Å². The molecule has 132 valence electrons. The molecule has 2 atom stereocenters. The second kappa shape index (κ2) is 6.96. The Morgan fingerprint density at radius 1 is 1.24 bits per heavy atom. The first-order chi connectivity index (χ1) is 11.9. The summed E-state index contributed by atoms with van der Waals surface area (Å²) in [6.45, 7) is 7.13. The normalized spacial score (nSPS) is 17.8. The Morgan fingerprint density at radius 2 is 1.96 bits per heavy atom. The van der Waals surface area contributed by atoms with Crippen LogP contribution in [-0.2, 0) is 6.42 Å². The van der Waals surface area contributed by atoms with E-state index in [2.05, 4.69) is 34.6 Å². The lowest BCUT2D eigenvalue weighted by Crippen LogP contribution is -2.38. The van der Waals surface area contributed by atoms with Gasteiger partial charge < -0.3 is 10.3 Å². The molecule has 1 aliphatic rings. The maximum atomic E-state index is 12.9. The fourth-order valence-electron chi connectivity index (χ4n) is 4.05. The van der Waals surface area contributed by atoms with Gasteiger partial charge in [0.15, 0.2) is 11.6 Å². The molecule has 1 aliphatic carbocycles. The third-order valence-electron chi connectivity index (χ3n) is 5.25. The third kappa shape index (κ3) is 3.31. The predicted molar refractivity (Wildman–Crippen MR) is 99.3 cm³/mol. The van der Waals surface area contributed by atoms with Crippen LogP contribution < -0.4 is 5.32 Å². The minimum atomic E-state index is -0.312. The van der Waals surface area contributed by atoms with Crippen molar-refractivity contribution in [2.24, 2.45) is 0 Å². The zero-order chi connectivity index (χ0) is 18.1. The summed E-state index contributed by atoms with van der Waals surface area (Å²) < 4.78 is 0. The number of carbonyl (C=O) groups is 2. The Kier molecular flexibility index (Phi) is 4.91. The number of aromatic nitrogens is 1. The van der Waals surface area contributed by atoms with Crippen molar-refractivity contribution >= 4 is 11.6 Å². The van der Waals surface area contributed by atoms with Crippen molar-refractivity contribution in [3.8, 4) is 0 Å². The van der Waals surface area contributed by atoms with Crippen molar-refractivity contribution in [1.29, 1.82) is 0 Å². The lowest BCUT2D eigenvalue weighted by Gasteiger charge is -2.28. The molecule has 3 rings (SSSR count). The second-order valence-electron chi connectivity index (χ2n) is 7.08. The summed E-state index contributed by atoms with van der Waals surface area (Å²) in [5.74, 6) is 0.00303. The van der Waals surface area contributed by atoms with Gasteiger partial charge in [-0.15, -0.1) is 0 Å². The SMILES string of the molecule is CC(=O)c1c(C)[nH]c(C(=O)[C@@H](C)N[C@H]2CCCc3ccccc32)c1C. The van der Waals surface area contributed by atoms with Crippen LogP contribution in [0.3, 0.4) is 0 Å². The topological polar surface area (TPSA) is 62.0 Å². The van der Waals surface area contributed by atoms with E-state index in [9.17, 15) is 9.59 Å². The van der Waals surface area contributed by atoms with Gasteiger partial charge in [0.1, 0.15) is 0 Å². The zero-order valence-electron chi connectivity index (χ0n) is 15.4. The highest BCUT2D eigenvalue weighted by Gasteiger charge is 2.27. The number of aromatic amines is 1. The van der Waals surface area contributed by atoms with E-state index >= 15 is 0 Å². The Balaban J connectivity index is 1.81. The van der Waals surface area contributed by atoms with E-state index in [0.29, 0.717) is 11.3 Å². The quantitative estimate of drug-likeness (QED) is 0.808. The molecule has 0 saturated carbocycles. The number of carbonyl (C=O) groups excluding carboxylic acids is 2. The van der Waals surface area contributed by atoms with Gasteiger partial charge in [-0.1, -0.05) is 24.3 Å². The van der Waals surface area contributed by atoms with Crippen LogP contribution in [0.1, 0.15) is 76.0 Å². The van der Waals surface area contributed by atoms with Crippen molar-refractivity contribution in [2.75, 3.05) is 0 Å². The van der Waals surface area contributed by atoms with Gasteiger partial charge >= 0.3 is 0 Å². The van der Waals surface area contributed by atoms with Crippen molar-refractivity contribution < 1.29 is 9.59 Å². The molecule has 0 fully saturated rings. The lowest BCUT2D eigenvalue weighted by atomic mass is 9.87. The van der Waals surface area contributed by atoms with Gasteiger partial charge in [-0.2, -0.15) is 0 Å². The summed E-state index contributed by atoms with van der Waals surface area (Å²) >= 11 is 0. The van der Waals surface area contributed by atoms with E-state index in [1.165, 1.54) is 18.1 Å².